The number of amides is 1. The van der Waals surface area contributed by atoms with Crippen molar-refractivity contribution in [1.82, 2.24) is 4.90 Å². The van der Waals surface area contributed by atoms with Crippen molar-refractivity contribution in [3.05, 3.63) is 24.3 Å². The van der Waals surface area contributed by atoms with Crippen LogP contribution in [-0.4, -0.2) is 183 Å². The van der Waals surface area contributed by atoms with Gasteiger partial charge in [0.1, 0.15) is 12.4 Å². The van der Waals surface area contributed by atoms with E-state index < -0.39 is 0 Å². The van der Waals surface area contributed by atoms with E-state index in [1.165, 1.54) is 6.92 Å². The number of hydrogen-bond donors (Lipinski definition) is 1. The summed E-state index contributed by atoms with van der Waals surface area (Å²) in [6.45, 7) is 14.3. The first-order valence-electron chi connectivity index (χ1n) is 17.1. The van der Waals surface area contributed by atoms with E-state index in [-0.39, 0.29) is 5.91 Å². The van der Waals surface area contributed by atoms with Crippen molar-refractivity contribution < 1.29 is 61.6 Å². The number of benzene rings is 1. The van der Waals surface area contributed by atoms with Gasteiger partial charge in [-0.15, -0.1) is 0 Å². The van der Waals surface area contributed by atoms with Gasteiger partial charge in [-0.2, -0.15) is 0 Å². The highest BCUT2D eigenvalue weighted by Gasteiger charge is 1.99. The molecule has 1 aromatic carbocycles. The summed E-state index contributed by atoms with van der Waals surface area (Å²) in [4.78, 5) is 13.1. The van der Waals surface area contributed by atoms with Crippen LogP contribution in [0, 0.1) is 0 Å². The fourth-order valence-electron chi connectivity index (χ4n) is 3.60. The van der Waals surface area contributed by atoms with Gasteiger partial charge >= 0.3 is 0 Å². The lowest BCUT2D eigenvalue weighted by Gasteiger charge is -2.10. The Labute approximate surface area is 292 Å². The Morgan fingerprint density at radius 3 is 0.980 bits per heavy atom. The second-order valence-corrected chi connectivity index (χ2v) is 10.6. The zero-order chi connectivity index (χ0) is 35.3. The van der Waals surface area contributed by atoms with Gasteiger partial charge in [-0.1, -0.05) is 0 Å². The average Bonchev–Trinajstić information content (AvgIpc) is 3.08. The van der Waals surface area contributed by atoms with E-state index >= 15 is 0 Å². The molecule has 15 nitrogen and oxygen atoms in total. The number of ether oxygens (including phenoxy) is 12. The zero-order valence-electron chi connectivity index (χ0n) is 30.0. The van der Waals surface area contributed by atoms with Crippen LogP contribution in [0.15, 0.2) is 24.3 Å². The van der Waals surface area contributed by atoms with Crippen LogP contribution < -0.4 is 10.1 Å². The fraction of sp³-hybridized carbons (Fsp3) is 0.794. The molecule has 0 spiro atoms. The summed E-state index contributed by atoms with van der Waals surface area (Å²) in [5.74, 6) is 0.609. The Morgan fingerprint density at radius 2 is 0.714 bits per heavy atom. The first-order valence-corrected chi connectivity index (χ1v) is 17.1. The third-order valence-electron chi connectivity index (χ3n) is 6.07. The monoisotopic (exact) mass is 706 g/mol. The largest absolute Gasteiger partial charge is 0.491 e. The van der Waals surface area contributed by atoms with Crippen LogP contribution in [0.5, 0.6) is 5.75 Å². The molecule has 0 bridgehead atoms. The molecule has 0 saturated heterocycles. The molecule has 49 heavy (non-hydrogen) atoms. The number of hydrogen-bond acceptors (Lipinski definition) is 14. The molecule has 0 fully saturated rings. The standard InChI is InChI=1S/C34H62N2O13/c1-32(37)35-33-4-6-34(7-5-33)49-31-30-48-29-28-47-27-26-46-25-24-45-23-22-44-21-20-43-19-18-42-17-16-41-15-14-40-13-12-39-11-10-38-9-8-36(2)3/h4-7H,8-31H2,1-3H3,(H,35,37). The fourth-order valence-corrected chi connectivity index (χ4v) is 3.60. The maximum atomic E-state index is 11.0. The number of likely N-dealkylation sites (N-methyl/N-ethyl adjacent to an activating group) is 1. The van der Waals surface area contributed by atoms with Gasteiger partial charge in [0.25, 0.3) is 0 Å². The molecular weight excluding hydrogens is 644 g/mol. The van der Waals surface area contributed by atoms with Crippen molar-refractivity contribution in [1.29, 1.82) is 0 Å². The van der Waals surface area contributed by atoms with Crippen LogP contribution in [0.4, 0.5) is 5.69 Å². The predicted molar refractivity (Wildman–Crippen MR) is 184 cm³/mol. The molecule has 15 heteroatoms. The Kier molecular flexibility index (Phi) is 32.9. The molecule has 0 aliphatic heterocycles. The van der Waals surface area contributed by atoms with E-state index in [0.29, 0.717) is 158 Å². The van der Waals surface area contributed by atoms with Gasteiger partial charge in [0.2, 0.25) is 5.91 Å². The molecule has 0 atom stereocenters. The van der Waals surface area contributed by atoms with E-state index in [1.807, 2.05) is 14.1 Å². The van der Waals surface area contributed by atoms with Gasteiger partial charge in [-0.3, -0.25) is 4.79 Å². The topological polar surface area (TPSA) is 143 Å². The van der Waals surface area contributed by atoms with Gasteiger partial charge < -0.3 is 67.1 Å². The molecule has 0 aliphatic rings. The molecule has 0 aromatic heterocycles. The molecule has 0 heterocycles. The summed E-state index contributed by atoms with van der Waals surface area (Å²) in [5, 5.41) is 2.71. The van der Waals surface area contributed by atoms with Crippen molar-refractivity contribution >= 4 is 11.6 Å². The predicted octanol–water partition coefficient (Wildman–Crippen LogP) is 1.77. The lowest BCUT2D eigenvalue weighted by Crippen LogP contribution is -2.19. The average molecular weight is 707 g/mol. The van der Waals surface area contributed by atoms with Crippen LogP contribution in [-0.2, 0) is 56.9 Å². The second kappa shape index (κ2) is 35.8. The van der Waals surface area contributed by atoms with Crippen molar-refractivity contribution in [3.63, 3.8) is 0 Å². The molecular formula is C34H62N2O13. The normalized spacial score (nSPS) is 11.4. The van der Waals surface area contributed by atoms with Gasteiger partial charge in [0.15, 0.2) is 0 Å². The molecule has 1 amide bonds. The van der Waals surface area contributed by atoms with E-state index in [2.05, 4.69) is 10.2 Å². The molecule has 1 aromatic rings. The smallest absolute Gasteiger partial charge is 0.221 e. The lowest BCUT2D eigenvalue weighted by atomic mass is 10.3. The van der Waals surface area contributed by atoms with Crippen molar-refractivity contribution in [2.45, 2.75) is 6.92 Å². The number of rotatable bonds is 38. The maximum Gasteiger partial charge on any atom is 0.221 e. The van der Waals surface area contributed by atoms with Gasteiger partial charge in [0.05, 0.1) is 145 Å². The minimum absolute atomic E-state index is 0.108. The van der Waals surface area contributed by atoms with E-state index in [1.54, 1.807) is 24.3 Å². The summed E-state index contributed by atoms with van der Waals surface area (Å²) in [5.41, 5.74) is 0.732. The molecule has 1 N–H and O–H groups in total. The van der Waals surface area contributed by atoms with Gasteiger partial charge in [0, 0.05) is 19.2 Å². The maximum absolute atomic E-state index is 11.0. The van der Waals surface area contributed by atoms with Crippen LogP contribution in [0.3, 0.4) is 0 Å². The van der Waals surface area contributed by atoms with E-state index in [0.717, 1.165) is 12.2 Å². The highest BCUT2D eigenvalue weighted by atomic mass is 16.6. The summed E-state index contributed by atoms with van der Waals surface area (Å²) in [6, 6.07) is 7.18. The Balaban J connectivity index is 1.65. The van der Waals surface area contributed by atoms with E-state index in [4.69, 9.17) is 56.8 Å². The second-order valence-electron chi connectivity index (χ2n) is 10.6. The van der Waals surface area contributed by atoms with Crippen molar-refractivity contribution in [3.8, 4) is 5.75 Å². The first-order chi connectivity index (χ1) is 24.1. The minimum Gasteiger partial charge on any atom is -0.491 e. The summed E-state index contributed by atoms with van der Waals surface area (Å²) < 4.78 is 65.8. The molecule has 0 unspecified atom stereocenters. The summed E-state index contributed by atoms with van der Waals surface area (Å²) in [7, 11) is 4.04. The third kappa shape index (κ3) is 34.2. The first kappa shape index (κ1) is 45.0. The molecule has 1 rings (SSSR count). The van der Waals surface area contributed by atoms with Gasteiger partial charge in [-0.25, -0.2) is 0 Å². The lowest BCUT2D eigenvalue weighted by molar-refractivity contribution is -0.114. The van der Waals surface area contributed by atoms with Crippen LogP contribution in [0.2, 0.25) is 0 Å². The Hall–Kier alpha value is -1.99. The minimum atomic E-state index is -0.108. The molecule has 0 radical (unpaired) electrons. The number of nitrogens with zero attached hydrogens (tertiary/aromatic N) is 1. The zero-order valence-corrected chi connectivity index (χ0v) is 30.0. The van der Waals surface area contributed by atoms with Crippen LogP contribution in [0.25, 0.3) is 0 Å². The quantitative estimate of drug-likeness (QED) is 0.0998. The molecule has 0 saturated carbocycles. The molecule has 286 valence electrons. The van der Waals surface area contributed by atoms with Gasteiger partial charge in [-0.05, 0) is 38.4 Å². The number of carbonyl (C=O) groups is 1. The number of anilines is 1. The number of carbonyl (C=O) groups excluding carboxylic acids is 1. The summed E-state index contributed by atoms with van der Waals surface area (Å²) >= 11 is 0. The Morgan fingerprint density at radius 1 is 0.449 bits per heavy atom. The van der Waals surface area contributed by atoms with Crippen molar-refractivity contribution in [2.75, 3.05) is 178 Å². The highest BCUT2D eigenvalue weighted by molar-refractivity contribution is 5.88. The third-order valence-corrected chi connectivity index (χ3v) is 6.07. The highest BCUT2D eigenvalue weighted by Crippen LogP contribution is 2.15. The number of nitrogens with one attached hydrogen (secondary N) is 1. The summed E-state index contributed by atoms with van der Waals surface area (Å²) in [6.07, 6.45) is 0. The van der Waals surface area contributed by atoms with Crippen molar-refractivity contribution in [2.24, 2.45) is 0 Å². The van der Waals surface area contributed by atoms with E-state index in [9.17, 15) is 4.79 Å². The van der Waals surface area contributed by atoms with Crippen LogP contribution >= 0.6 is 0 Å². The molecule has 0 aliphatic carbocycles. The van der Waals surface area contributed by atoms with Crippen LogP contribution in [0.1, 0.15) is 6.92 Å². The Bertz CT molecular complexity index is 837. The SMILES string of the molecule is CC(=O)Nc1ccc(OCCOCCOCCOCCOCCOCCOCCOCCOCCOCCOCCOCCN(C)C)cc1.